The number of piperidine rings is 3. The summed E-state index contributed by atoms with van der Waals surface area (Å²) in [5, 5.41) is 3.76. The van der Waals surface area contributed by atoms with Crippen LogP contribution in [-0.4, -0.2) is 36.6 Å². The predicted octanol–water partition coefficient (Wildman–Crippen LogP) is 2.39. The van der Waals surface area contributed by atoms with Crippen molar-refractivity contribution in [3.05, 3.63) is 0 Å². The van der Waals surface area contributed by atoms with Gasteiger partial charge >= 0.3 is 0 Å². The van der Waals surface area contributed by atoms with Gasteiger partial charge < -0.3 is 10.2 Å². The minimum Gasteiger partial charge on any atom is -0.314 e. The molecule has 92 valence electrons. The molecule has 0 aromatic carbocycles. The van der Waals surface area contributed by atoms with Gasteiger partial charge in [-0.1, -0.05) is 12.8 Å². The fraction of sp³-hybridized carbons (Fsp3) is 1.00. The molecule has 0 aliphatic carbocycles. The first-order valence-electron chi connectivity index (χ1n) is 7.41. The van der Waals surface area contributed by atoms with Crippen molar-refractivity contribution in [2.45, 2.75) is 63.5 Å². The minimum atomic E-state index is 0.844. The van der Waals surface area contributed by atoms with Crippen LogP contribution in [0.2, 0.25) is 0 Å². The summed E-state index contributed by atoms with van der Waals surface area (Å²) in [5.74, 6) is 0.953. The zero-order valence-corrected chi connectivity index (χ0v) is 10.5. The van der Waals surface area contributed by atoms with E-state index in [1.807, 2.05) is 0 Å². The molecule has 3 heterocycles. The van der Waals surface area contributed by atoms with Crippen molar-refractivity contribution < 1.29 is 0 Å². The Labute approximate surface area is 99.8 Å². The molecule has 2 nitrogen and oxygen atoms in total. The fourth-order valence-electron chi connectivity index (χ4n) is 4.04. The molecular formula is C14H26N2. The summed E-state index contributed by atoms with van der Waals surface area (Å²) in [7, 11) is 0. The van der Waals surface area contributed by atoms with Gasteiger partial charge in [0.1, 0.15) is 0 Å². The van der Waals surface area contributed by atoms with Gasteiger partial charge in [0.05, 0.1) is 0 Å². The minimum absolute atomic E-state index is 0.844. The van der Waals surface area contributed by atoms with E-state index in [1.165, 1.54) is 71.0 Å². The van der Waals surface area contributed by atoms with E-state index >= 15 is 0 Å². The van der Waals surface area contributed by atoms with Crippen LogP contribution in [0.3, 0.4) is 0 Å². The average Bonchev–Trinajstić information content (AvgIpc) is 2.39. The monoisotopic (exact) mass is 222 g/mol. The predicted molar refractivity (Wildman–Crippen MR) is 67.6 cm³/mol. The maximum atomic E-state index is 3.76. The second-order valence-corrected chi connectivity index (χ2v) is 6.04. The topological polar surface area (TPSA) is 15.3 Å². The van der Waals surface area contributed by atoms with E-state index in [-0.39, 0.29) is 0 Å². The highest BCUT2D eigenvalue weighted by molar-refractivity contribution is 4.90. The third-order valence-corrected chi connectivity index (χ3v) is 5.01. The molecule has 3 atom stereocenters. The van der Waals surface area contributed by atoms with E-state index < -0.39 is 0 Å². The molecule has 3 saturated heterocycles. The molecule has 0 radical (unpaired) electrons. The summed E-state index contributed by atoms with van der Waals surface area (Å²) in [6.45, 7) is 4.04. The summed E-state index contributed by atoms with van der Waals surface area (Å²) < 4.78 is 0. The lowest BCUT2D eigenvalue weighted by Gasteiger charge is -2.45. The molecule has 3 fully saturated rings. The normalized spacial score (nSPS) is 41.6. The number of nitrogens with one attached hydrogen (secondary N) is 1. The lowest BCUT2D eigenvalue weighted by atomic mass is 9.81. The van der Waals surface area contributed by atoms with Crippen LogP contribution < -0.4 is 5.32 Å². The van der Waals surface area contributed by atoms with E-state index in [0.29, 0.717) is 0 Å². The van der Waals surface area contributed by atoms with Gasteiger partial charge in [0, 0.05) is 18.6 Å². The molecule has 2 unspecified atom stereocenters. The highest BCUT2D eigenvalue weighted by Crippen LogP contribution is 2.32. The van der Waals surface area contributed by atoms with Gasteiger partial charge in [0.15, 0.2) is 0 Å². The lowest BCUT2D eigenvalue weighted by Crippen LogP contribution is -2.52. The molecule has 16 heavy (non-hydrogen) atoms. The van der Waals surface area contributed by atoms with Crippen LogP contribution in [0.5, 0.6) is 0 Å². The largest absolute Gasteiger partial charge is 0.314 e. The Kier molecular flexibility index (Phi) is 3.49. The highest BCUT2D eigenvalue weighted by Gasteiger charge is 2.33. The van der Waals surface area contributed by atoms with Gasteiger partial charge in [-0.3, -0.25) is 0 Å². The van der Waals surface area contributed by atoms with E-state index in [0.717, 1.165) is 18.0 Å². The van der Waals surface area contributed by atoms with E-state index in [4.69, 9.17) is 0 Å². The van der Waals surface area contributed by atoms with E-state index in [2.05, 4.69) is 10.2 Å². The molecular weight excluding hydrogens is 196 g/mol. The first-order valence-corrected chi connectivity index (χ1v) is 7.41. The molecule has 0 amide bonds. The molecule has 0 bridgehead atoms. The maximum absolute atomic E-state index is 3.76. The summed E-state index contributed by atoms with van der Waals surface area (Å²) >= 11 is 0. The molecule has 0 saturated carbocycles. The quantitative estimate of drug-likeness (QED) is 0.733. The second kappa shape index (κ2) is 5.05. The summed E-state index contributed by atoms with van der Waals surface area (Å²) in [6.07, 6.45) is 11.7. The number of hydrogen-bond acceptors (Lipinski definition) is 2. The Morgan fingerprint density at radius 1 is 0.875 bits per heavy atom. The van der Waals surface area contributed by atoms with E-state index in [1.54, 1.807) is 0 Å². The van der Waals surface area contributed by atoms with Gasteiger partial charge in [-0.15, -0.1) is 0 Å². The van der Waals surface area contributed by atoms with Crippen molar-refractivity contribution in [1.29, 1.82) is 0 Å². The first-order chi connectivity index (χ1) is 7.93. The molecule has 3 aliphatic rings. The van der Waals surface area contributed by atoms with E-state index in [9.17, 15) is 0 Å². The Bertz CT molecular complexity index is 220. The van der Waals surface area contributed by atoms with Gasteiger partial charge in [-0.2, -0.15) is 0 Å². The Morgan fingerprint density at radius 3 is 2.69 bits per heavy atom. The molecule has 1 N–H and O–H groups in total. The van der Waals surface area contributed by atoms with Crippen molar-refractivity contribution >= 4 is 0 Å². The smallest absolute Gasteiger partial charge is 0.0108 e. The van der Waals surface area contributed by atoms with Crippen LogP contribution >= 0.6 is 0 Å². The van der Waals surface area contributed by atoms with Crippen molar-refractivity contribution in [1.82, 2.24) is 10.2 Å². The van der Waals surface area contributed by atoms with Crippen LogP contribution in [0.25, 0.3) is 0 Å². The molecule has 0 spiro atoms. The zero-order valence-electron chi connectivity index (χ0n) is 10.5. The number of hydrogen-bond donors (Lipinski definition) is 1. The van der Waals surface area contributed by atoms with Crippen molar-refractivity contribution in [2.24, 2.45) is 5.92 Å². The number of nitrogens with zero attached hydrogens (tertiary/aromatic N) is 1. The summed E-state index contributed by atoms with van der Waals surface area (Å²) in [4.78, 5) is 2.80. The second-order valence-electron chi connectivity index (χ2n) is 6.04. The Morgan fingerprint density at radius 2 is 1.81 bits per heavy atom. The van der Waals surface area contributed by atoms with Crippen LogP contribution in [0.15, 0.2) is 0 Å². The maximum Gasteiger partial charge on any atom is 0.0108 e. The Hall–Kier alpha value is -0.0800. The molecule has 0 aromatic heterocycles. The van der Waals surface area contributed by atoms with Gasteiger partial charge in [-0.25, -0.2) is 0 Å². The highest BCUT2D eigenvalue weighted by atomic mass is 15.2. The third kappa shape index (κ3) is 2.28. The molecule has 0 aromatic rings. The van der Waals surface area contributed by atoms with Crippen molar-refractivity contribution in [3.8, 4) is 0 Å². The third-order valence-electron chi connectivity index (χ3n) is 5.01. The van der Waals surface area contributed by atoms with Crippen LogP contribution in [0.4, 0.5) is 0 Å². The van der Waals surface area contributed by atoms with Gasteiger partial charge in [0.2, 0.25) is 0 Å². The van der Waals surface area contributed by atoms with Crippen LogP contribution in [0, 0.1) is 5.92 Å². The molecule has 3 rings (SSSR count). The Balaban J connectivity index is 1.57. The lowest BCUT2D eigenvalue weighted by molar-refractivity contribution is 0.0570. The average molecular weight is 222 g/mol. The van der Waals surface area contributed by atoms with Crippen molar-refractivity contribution in [2.75, 3.05) is 19.6 Å². The molecule has 3 aliphatic heterocycles. The van der Waals surface area contributed by atoms with Gasteiger partial charge in [-0.05, 0) is 57.5 Å². The summed E-state index contributed by atoms with van der Waals surface area (Å²) in [6, 6.07) is 1.80. The fourth-order valence-corrected chi connectivity index (χ4v) is 4.04. The first kappa shape index (κ1) is 11.0. The zero-order chi connectivity index (χ0) is 10.8. The van der Waals surface area contributed by atoms with Gasteiger partial charge in [0.25, 0.3) is 0 Å². The van der Waals surface area contributed by atoms with Crippen LogP contribution in [-0.2, 0) is 0 Å². The standard InChI is InChI=1S/C14H26N2/c1-3-9-15-14(6-1)12-7-8-13-5-2-4-10-16(13)11-12/h12-15H,1-11H2/t12-,13?,14?/m1/s1. The summed E-state index contributed by atoms with van der Waals surface area (Å²) in [5.41, 5.74) is 0. The van der Waals surface area contributed by atoms with Crippen molar-refractivity contribution in [3.63, 3.8) is 0 Å². The number of rotatable bonds is 1. The van der Waals surface area contributed by atoms with Crippen LogP contribution in [0.1, 0.15) is 51.4 Å². The number of fused-ring (bicyclic) bond motifs is 1. The molecule has 2 heteroatoms. The SMILES string of the molecule is C1CCC([C@@H]2CCC3CCCCN3C2)NC1.